The smallest absolute Gasteiger partial charge is 0.126 e. The predicted octanol–water partition coefficient (Wildman–Crippen LogP) is 3.95. The minimum Gasteiger partial charge on any atom is -0.464 e. The van der Waals surface area contributed by atoms with Gasteiger partial charge in [0.05, 0.1) is 11.7 Å². The van der Waals surface area contributed by atoms with Crippen molar-refractivity contribution in [3.05, 3.63) is 66.4 Å². The first-order valence-electron chi connectivity index (χ1n) is 6.65. The van der Waals surface area contributed by atoms with Crippen LogP contribution in [-0.4, -0.2) is 9.78 Å². The van der Waals surface area contributed by atoms with Crippen molar-refractivity contribution in [2.45, 2.75) is 19.9 Å². The molecule has 0 spiro atoms. The van der Waals surface area contributed by atoms with Crippen molar-refractivity contribution >= 4 is 5.69 Å². The number of nitrogens with one attached hydrogen (secondary N) is 1. The lowest BCUT2D eigenvalue weighted by molar-refractivity contribution is 0.467. The van der Waals surface area contributed by atoms with Crippen LogP contribution in [0.25, 0.3) is 5.69 Å². The molecule has 20 heavy (non-hydrogen) atoms. The molecule has 0 radical (unpaired) electrons. The summed E-state index contributed by atoms with van der Waals surface area (Å²) >= 11 is 0. The number of anilines is 1. The summed E-state index contributed by atoms with van der Waals surface area (Å²) in [5, 5.41) is 7.68. The Labute approximate surface area is 118 Å². The minimum absolute atomic E-state index is 0.122. The summed E-state index contributed by atoms with van der Waals surface area (Å²) in [4.78, 5) is 0. The molecule has 0 aliphatic heterocycles. The van der Waals surface area contributed by atoms with Gasteiger partial charge in [0.15, 0.2) is 0 Å². The summed E-state index contributed by atoms with van der Waals surface area (Å²) in [5.74, 6) is 1.87. The van der Waals surface area contributed by atoms with Crippen LogP contribution < -0.4 is 5.32 Å². The molecular weight excluding hydrogens is 250 g/mol. The zero-order chi connectivity index (χ0) is 13.9. The molecule has 1 unspecified atom stereocenters. The molecule has 3 aromatic rings. The average molecular weight is 267 g/mol. The van der Waals surface area contributed by atoms with Crippen LogP contribution in [0, 0.1) is 6.92 Å². The standard InChI is InChI=1S/C16H17N3O/c1-12-7-8-16(20-12)13(2)18-14-5-3-6-15(11-14)19-10-4-9-17-19/h3-11,13,18H,1-2H3. The van der Waals surface area contributed by atoms with Crippen LogP contribution in [0.15, 0.2) is 59.3 Å². The minimum atomic E-state index is 0.122. The van der Waals surface area contributed by atoms with E-state index < -0.39 is 0 Å². The second kappa shape index (κ2) is 5.25. The zero-order valence-corrected chi connectivity index (χ0v) is 11.6. The maximum absolute atomic E-state index is 5.64. The van der Waals surface area contributed by atoms with Gasteiger partial charge in [-0.25, -0.2) is 4.68 Å². The number of benzene rings is 1. The van der Waals surface area contributed by atoms with Crippen LogP contribution in [0.1, 0.15) is 24.5 Å². The van der Waals surface area contributed by atoms with E-state index in [1.165, 1.54) is 0 Å². The Hall–Kier alpha value is -2.49. The van der Waals surface area contributed by atoms with Crippen molar-refractivity contribution in [3.8, 4) is 5.69 Å². The Morgan fingerprint density at radius 2 is 2.10 bits per heavy atom. The van der Waals surface area contributed by atoms with Crippen molar-refractivity contribution in [1.82, 2.24) is 9.78 Å². The van der Waals surface area contributed by atoms with E-state index in [4.69, 9.17) is 4.42 Å². The molecule has 1 N–H and O–H groups in total. The molecule has 2 heterocycles. The van der Waals surface area contributed by atoms with Crippen LogP contribution in [0.5, 0.6) is 0 Å². The van der Waals surface area contributed by atoms with E-state index in [0.29, 0.717) is 0 Å². The number of hydrogen-bond acceptors (Lipinski definition) is 3. The Bertz CT molecular complexity index is 685. The summed E-state index contributed by atoms with van der Waals surface area (Å²) in [5.41, 5.74) is 2.07. The number of aryl methyl sites for hydroxylation is 1. The molecule has 0 fully saturated rings. The number of furan rings is 1. The summed E-state index contributed by atoms with van der Waals surface area (Å²) in [6, 6.07) is 14.2. The van der Waals surface area contributed by atoms with Gasteiger partial charge < -0.3 is 9.73 Å². The van der Waals surface area contributed by atoms with Gasteiger partial charge in [-0.15, -0.1) is 0 Å². The third kappa shape index (κ3) is 2.59. The molecule has 0 aliphatic carbocycles. The van der Waals surface area contributed by atoms with Gasteiger partial charge in [0.2, 0.25) is 0 Å². The van der Waals surface area contributed by atoms with Gasteiger partial charge in [0.1, 0.15) is 11.5 Å². The maximum atomic E-state index is 5.64. The van der Waals surface area contributed by atoms with Gasteiger partial charge in [-0.3, -0.25) is 0 Å². The van der Waals surface area contributed by atoms with E-state index in [1.54, 1.807) is 6.20 Å². The van der Waals surface area contributed by atoms with Crippen molar-refractivity contribution in [2.24, 2.45) is 0 Å². The van der Waals surface area contributed by atoms with E-state index in [0.717, 1.165) is 22.9 Å². The lowest BCUT2D eigenvalue weighted by atomic mass is 10.2. The molecule has 0 saturated carbocycles. The van der Waals surface area contributed by atoms with E-state index in [2.05, 4.69) is 23.4 Å². The Morgan fingerprint density at radius 1 is 1.20 bits per heavy atom. The molecule has 2 aromatic heterocycles. The first-order chi connectivity index (χ1) is 9.72. The molecule has 0 saturated heterocycles. The topological polar surface area (TPSA) is 43.0 Å². The molecule has 4 nitrogen and oxygen atoms in total. The van der Waals surface area contributed by atoms with E-state index >= 15 is 0 Å². The van der Waals surface area contributed by atoms with E-state index in [1.807, 2.05) is 54.2 Å². The monoisotopic (exact) mass is 267 g/mol. The zero-order valence-electron chi connectivity index (χ0n) is 11.6. The highest BCUT2D eigenvalue weighted by Gasteiger charge is 2.09. The SMILES string of the molecule is Cc1ccc(C(C)Nc2cccc(-n3cccn3)c2)o1. The molecule has 4 heteroatoms. The van der Waals surface area contributed by atoms with Gasteiger partial charge in [-0.05, 0) is 50.2 Å². The van der Waals surface area contributed by atoms with Crippen LogP contribution in [0.4, 0.5) is 5.69 Å². The summed E-state index contributed by atoms with van der Waals surface area (Å²) in [6.45, 7) is 4.04. The second-order valence-corrected chi connectivity index (χ2v) is 4.82. The van der Waals surface area contributed by atoms with Gasteiger partial charge in [0.25, 0.3) is 0 Å². The molecule has 1 atom stereocenters. The van der Waals surface area contributed by atoms with E-state index in [-0.39, 0.29) is 6.04 Å². The lowest BCUT2D eigenvalue weighted by Gasteiger charge is -2.14. The summed E-state index contributed by atoms with van der Waals surface area (Å²) < 4.78 is 7.48. The number of nitrogens with zero attached hydrogens (tertiary/aromatic N) is 2. The average Bonchev–Trinajstić information content (AvgIpc) is 3.10. The fraction of sp³-hybridized carbons (Fsp3) is 0.188. The molecule has 3 rings (SSSR count). The first-order valence-corrected chi connectivity index (χ1v) is 6.65. The fourth-order valence-electron chi connectivity index (χ4n) is 2.17. The summed E-state index contributed by atoms with van der Waals surface area (Å²) in [7, 11) is 0. The fourth-order valence-corrected chi connectivity index (χ4v) is 2.17. The largest absolute Gasteiger partial charge is 0.464 e. The Kier molecular flexibility index (Phi) is 3.29. The molecule has 0 amide bonds. The highest BCUT2D eigenvalue weighted by Crippen LogP contribution is 2.22. The van der Waals surface area contributed by atoms with Gasteiger partial charge >= 0.3 is 0 Å². The maximum Gasteiger partial charge on any atom is 0.126 e. The first kappa shape index (κ1) is 12.5. The molecule has 0 bridgehead atoms. The second-order valence-electron chi connectivity index (χ2n) is 4.82. The number of aromatic nitrogens is 2. The molecule has 1 aromatic carbocycles. The van der Waals surface area contributed by atoms with Gasteiger partial charge in [-0.1, -0.05) is 6.07 Å². The highest BCUT2D eigenvalue weighted by atomic mass is 16.3. The number of rotatable bonds is 4. The van der Waals surface area contributed by atoms with Gasteiger partial charge in [-0.2, -0.15) is 5.10 Å². The van der Waals surface area contributed by atoms with Crippen molar-refractivity contribution < 1.29 is 4.42 Å². The quantitative estimate of drug-likeness (QED) is 0.778. The van der Waals surface area contributed by atoms with Crippen LogP contribution in [-0.2, 0) is 0 Å². The van der Waals surface area contributed by atoms with Crippen LogP contribution in [0.3, 0.4) is 0 Å². The normalized spacial score (nSPS) is 12.3. The van der Waals surface area contributed by atoms with Crippen molar-refractivity contribution in [1.29, 1.82) is 0 Å². The highest BCUT2D eigenvalue weighted by molar-refractivity contribution is 5.51. The van der Waals surface area contributed by atoms with Gasteiger partial charge in [0, 0.05) is 18.1 Å². The van der Waals surface area contributed by atoms with E-state index in [9.17, 15) is 0 Å². The van der Waals surface area contributed by atoms with Crippen LogP contribution in [0.2, 0.25) is 0 Å². The van der Waals surface area contributed by atoms with Crippen molar-refractivity contribution in [2.75, 3.05) is 5.32 Å². The summed E-state index contributed by atoms with van der Waals surface area (Å²) in [6.07, 6.45) is 3.70. The van der Waals surface area contributed by atoms with Crippen LogP contribution >= 0.6 is 0 Å². The predicted molar refractivity (Wildman–Crippen MR) is 79.0 cm³/mol. The third-order valence-corrected chi connectivity index (χ3v) is 3.19. The molecule has 0 aliphatic rings. The lowest BCUT2D eigenvalue weighted by Crippen LogP contribution is -2.06. The Morgan fingerprint density at radius 3 is 2.80 bits per heavy atom. The third-order valence-electron chi connectivity index (χ3n) is 3.19. The number of hydrogen-bond donors (Lipinski definition) is 1. The molecular formula is C16H17N3O. The molecule has 102 valence electrons. The Balaban J connectivity index is 1.79. The van der Waals surface area contributed by atoms with Crippen molar-refractivity contribution in [3.63, 3.8) is 0 Å².